The molecular weight excluding hydrogens is 316 g/mol. The first-order valence-electron chi connectivity index (χ1n) is 8.45. The molecule has 130 valence electrons. The van der Waals surface area contributed by atoms with Crippen molar-refractivity contribution in [2.24, 2.45) is 0 Å². The van der Waals surface area contributed by atoms with E-state index in [0.717, 1.165) is 11.3 Å². The lowest BCUT2D eigenvalue weighted by Gasteiger charge is -2.38. The molecule has 1 aliphatic heterocycles. The molecule has 0 unspecified atom stereocenters. The molecule has 1 fully saturated rings. The molecule has 0 spiro atoms. The Morgan fingerprint density at radius 3 is 2.32 bits per heavy atom. The van der Waals surface area contributed by atoms with Crippen LogP contribution in [-0.2, 0) is 16.1 Å². The topological polar surface area (TPSA) is 49.9 Å². The SMILES string of the molecule is C[C@@H]1C(=O)N(Cc2ccccc2)CC(=O)N1CCOc1ccccc1. The molecule has 2 aromatic rings. The minimum Gasteiger partial charge on any atom is -0.492 e. The molecule has 0 bridgehead atoms. The van der Waals surface area contributed by atoms with Crippen LogP contribution in [0.15, 0.2) is 60.7 Å². The second-order valence-corrected chi connectivity index (χ2v) is 6.10. The fourth-order valence-electron chi connectivity index (χ4n) is 2.98. The average Bonchev–Trinajstić information content (AvgIpc) is 2.64. The van der Waals surface area contributed by atoms with Gasteiger partial charge in [-0.3, -0.25) is 9.59 Å². The maximum atomic E-state index is 12.6. The zero-order chi connectivity index (χ0) is 17.6. The minimum atomic E-state index is -0.468. The summed E-state index contributed by atoms with van der Waals surface area (Å²) < 4.78 is 5.64. The summed E-state index contributed by atoms with van der Waals surface area (Å²) >= 11 is 0. The van der Waals surface area contributed by atoms with Gasteiger partial charge < -0.3 is 14.5 Å². The predicted octanol–water partition coefficient (Wildman–Crippen LogP) is 2.32. The summed E-state index contributed by atoms with van der Waals surface area (Å²) in [6, 6.07) is 18.7. The van der Waals surface area contributed by atoms with E-state index in [0.29, 0.717) is 19.7 Å². The van der Waals surface area contributed by atoms with Crippen LogP contribution in [0.4, 0.5) is 0 Å². The van der Waals surface area contributed by atoms with Crippen molar-refractivity contribution < 1.29 is 14.3 Å². The largest absolute Gasteiger partial charge is 0.492 e. The van der Waals surface area contributed by atoms with Gasteiger partial charge in [-0.15, -0.1) is 0 Å². The van der Waals surface area contributed by atoms with E-state index in [4.69, 9.17) is 4.74 Å². The highest BCUT2D eigenvalue weighted by Gasteiger charge is 2.36. The van der Waals surface area contributed by atoms with E-state index in [1.807, 2.05) is 60.7 Å². The Balaban J connectivity index is 1.57. The highest BCUT2D eigenvalue weighted by molar-refractivity contribution is 5.94. The Labute approximate surface area is 147 Å². The van der Waals surface area contributed by atoms with E-state index in [1.54, 1.807) is 16.7 Å². The van der Waals surface area contributed by atoms with Gasteiger partial charge in [0, 0.05) is 6.54 Å². The number of para-hydroxylation sites is 1. The van der Waals surface area contributed by atoms with Gasteiger partial charge >= 0.3 is 0 Å². The first kappa shape index (κ1) is 17.0. The quantitative estimate of drug-likeness (QED) is 0.812. The predicted molar refractivity (Wildman–Crippen MR) is 95.0 cm³/mol. The van der Waals surface area contributed by atoms with Gasteiger partial charge in [0.1, 0.15) is 24.9 Å². The molecular formula is C20H22N2O3. The fraction of sp³-hybridized carbons (Fsp3) is 0.300. The number of rotatable bonds is 6. The number of carbonyl (C=O) groups excluding carboxylic acids is 2. The molecule has 1 aliphatic rings. The van der Waals surface area contributed by atoms with Crippen LogP contribution in [0.1, 0.15) is 12.5 Å². The van der Waals surface area contributed by atoms with Crippen LogP contribution in [0, 0.1) is 0 Å². The maximum absolute atomic E-state index is 12.6. The molecule has 0 N–H and O–H groups in total. The van der Waals surface area contributed by atoms with E-state index in [1.165, 1.54) is 0 Å². The summed E-state index contributed by atoms with van der Waals surface area (Å²) in [5.74, 6) is 0.694. The molecule has 5 heteroatoms. The molecule has 25 heavy (non-hydrogen) atoms. The Kier molecular flexibility index (Phi) is 5.33. The van der Waals surface area contributed by atoms with Crippen LogP contribution in [-0.4, -0.2) is 47.4 Å². The third-order valence-corrected chi connectivity index (χ3v) is 4.34. The zero-order valence-electron chi connectivity index (χ0n) is 14.3. The molecule has 0 aromatic heterocycles. The third kappa shape index (κ3) is 4.18. The second kappa shape index (κ2) is 7.83. The van der Waals surface area contributed by atoms with Gasteiger partial charge in [-0.25, -0.2) is 0 Å². The van der Waals surface area contributed by atoms with Crippen molar-refractivity contribution >= 4 is 11.8 Å². The molecule has 2 amide bonds. The van der Waals surface area contributed by atoms with Gasteiger partial charge in [-0.05, 0) is 24.6 Å². The lowest BCUT2D eigenvalue weighted by molar-refractivity contribution is -0.155. The van der Waals surface area contributed by atoms with Crippen molar-refractivity contribution in [3.05, 3.63) is 66.2 Å². The van der Waals surface area contributed by atoms with Crippen molar-refractivity contribution in [3.8, 4) is 5.75 Å². The maximum Gasteiger partial charge on any atom is 0.245 e. The Morgan fingerprint density at radius 1 is 1.00 bits per heavy atom. The molecule has 1 heterocycles. The summed E-state index contributed by atoms with van der Waals surface area (Å²) in [5, 5.41) is 0. The average molecular weight is 338 g/mol. The summed E-state index contributed by atoms with van der Waals surface area (Å²) in [6.07, 6.45) is 0. The summed E-state index contributed by atoms with van der Waals surface area (Å²) in [7, 11) is 0. The highest BCUT2D eigenvalue weighted by Crippen LogP contribution is 2.16. The lowest BCUT2D eigenvalue weighted by atomic mass is 10.1. The number of ether oxygens (including phenoxy) is 1. The van der Waals surface area contributed by atoms with Crippen LogP contribution in [0.3, 0.4) is 0 Å². The van der Waals surface area contributed by atoms with E-state index in [2.05, 4.69) is 0 Å². The zero-order valence-corrected chi connectivity index (χ0v) is 14.3. The molecule has 1 atom stereocenters. The summed E-state index contributed by atoms with van der Waals surface area (Å²) in [6.45, 7) is 3.12. The van der Waals surface area contributed by atoms with Gasteiger partial charge in [-0.1, -0.05) is 48.5 Å². The number of nitrogens with zero attached hydrogens (tertiary/aromatic N) is 2. The smallest absolute Gasteiger partial charge is 0.245 e. The van der Waals surface area contributed by atoms with Crippen LogP contribution in [0.25, 0.3) is 0 Å². The van der Waals surface area contributed by atoms with Crippen molar-refractivity contribution in [1.29, 1.82) is 0 Å². The second-order valence-electron chi connectivity index (χ2n) is 6.10. The molecule has 1 saturated heterocycles. The number of benzene rings is 2. The number of hydrogen-bond acceptors (Lipinski definition) is 3. The normalized spacial score (nSPS) is 17.7. The summed E-state index contributed by atoms with van der Waals surface area (Å²) in [4.78, 5) is 28.3. The minimum absolute atomic E-state index is 0.0248. The Bertz CT molecular complexity index is 718. The van der Waals surface area contributed by atoms with Crippen molar-refractivity contribution in [3.63, 3.8) is 0 Å². The molecule has 0 saturated carbocycles. The van der Waals surface area contributed by atoms with E-state index < -0.39 is 6.04 Å². The number of carbonyl (C=O) groups is 2. The fourth-order valence-corrected chi connectivity index (χ4v) is 2.98. The Hall–Kier alpha value is -2.82. The van der Waals surface area contributed by atoms with Crippen molar-refractivity contribution in [2.45, 2.75) is 19.5 Å². The molecule has 2 aromatic carbocycles. The molecule has 0 aliphatic carbocycles. The third-order valence-electron chi connectivity index (χ3n) is 4.34. The van der Waals surface area contributed by atoms with Gasteiger partial charge in [0.25, 0.3) is 0 Å². The van der Waals surface area contributed by atoms with Gasteiger partial charge in [0.2, 0.25) is 11.8 Å². The Morgan fingerprint density at radius 2 is 1.64 bits per heavy atom. The highest BCUT2D eigenvalue weighted by atomic mass is 16.5. The number of hydrogen-bond donors (Lipinski definition) is 0. The van der Waals surface area contributed by atoms with Gasteiger partial charge in [0.05, 0.1) is 6.54 Å². The summed E-state index contributed by atoms with van der Waals surface area (Å²) in [5.41, 5.74) is 1.02. The molecule has 3 rings (SSSR count). The van der Waals surface area contributed by atoms with E-state index >= 15 is 0 Å². The monoisotopic (exact) mass is 338 g/mol. The molecule has 0 radical (unpaired) electrons. The van der Waals surface area contributed by atoms with E-state index in [9.17, 15) is 9.59 Å². The van der Waals surface area contributed by atoms with Crippen LogP contribution in [0.2, 0.25) is 0 Å². The van der Waals surface area contributed by atoms with Gasteiger partial charge in [0.15, 0.2) is 0 Å². The number of amides is 2. The standard InChI is InChI=1S/C20H22N2O3/c1-16-20(24)21(14-17-8-4-2-5-9-17)15-19(23)22(16)12-13-25-18-10-6-3-7-11-18/h2-11,16H,12-15H2,1H3/t16-/m1/s1. The van der Waals surface area contributed by atoms with Gasteiger partial charge in [-0.2, -0.15) is 0 Å². The lowest BCUT2D eigenvalue weighted by Crippen LogP contribution is -2.59. The van der Waals surface area contributed by atoms with Crippen LogP contribution >= 0.6 is 0 Å². The van der Waals surface area contributed by atoms with Crippen LogP contribution in [0.5, 0.6) is 5.75 Å². The first-order chi connectivity index (χ1) is 12.1. The van der Waals surface area contributed by atoms with Crippen molar-refractivity contribution in [1.82, 2.24) is 9.80 Å². The first-order valence-corrected chi connectivity index (χ1v) is 8.45. The van der Waals surface area contributed by atoms with Crippen molar-refractivity contribution in [2.75, 3.05) is 19.7 Å². The number of piperazine rings is 1. The van der Waals surface area contributed by atoms with E-state index in [-0.39, 0.29) is 18.4 Å². The molecule has 5 nitrogen and oxygen atoms in total. The van der Waals surface area contributed by atoms with Crippen LogP contribution < -0.4 is 4.74 Å².